The molecule has 3 amide bonds. The Bertz CT molecular complexity index is 1290. The lowest BCUT2D eigenvalue weighted by atomic mass is 9.89. The maximum Gasteiger partial charge on any atom is 0.325 e. The van der Waals surface area contributed by atoms with Crippen molar-refractivity contribution in [3.05, 3.63) is 89.0 Å². The summed E-state index contributed by atoms with van der Waals surface area (Å²) in [5.74, 6) is 1.12. The molecular formula is C29H31N3O4. The maximum atomic E-state index is 13.3. The van der Waals surface area contributed by atoms with E-state index >= 15 is 0 Å². The van der Waals surface area contributed by atoms with Crippen LogP contribution < -0.4 is 25.0 Å². The van der Waals surface area contributed by atoms with Gasteiger partial charge in [-0.2, -0.15) is 0 Å². The molecule has 2 heterocycles. The van der Waals surface area contributed by atoms with Crippen LogP contribution in [0.5, 0.6) is 11.5 Å². The van der Waals surface area contributed by atoms with Crippen LogP contribution in [0.2, 0.25) is 0 Å². The van der Waals surface area contributed by atoms with Crippen molar-refractivity contribution < 1.29 is 19.1 Å². The minimum Gasteiger partial charge on any atom is -0.490 e. The molecule has 7 nitrogen and oxygen atoms in total. The van der Waals surface area contributed by atoms with E-state index in [1.54, 1.807) is 23.1 Å². The van der Waals surface area contributed by atoms with Gasteiger partial charge in [0, 0.05) is 24.1 Å². The molecule has 7 heteroatoms. The smallest absolute Gasteiger partial charge is 0.325 e. The Kier molecular flexibility index (Phi) is 6.31. The van der Waals surface area contributed by atoms with Crippen molar-refractivity contribution in [2.45, 2.75) is 45.4 Å². The van der Waals surface area contributed by atoms with E-state index in [2.05, 4.69) is 41.8 Å². The number of nitrogens with zero attached hydrogens (tertiary/aromatic N) is 1. The zero-order valence-electron chi connectivity index (χ0n) is 20.8. The third kappa shape index (κ3) is 4.49. The second-order valence-corrected chi connectivity index (χ2v) is 9.47. The Morgan fingerprint density at radius 3 is 2.72 bits per heavy atom. The summed E-state index contributed by atoms with van der Waals surface area (Å²) < 4.78 is 12.3. The first-order chi connectivity index (χ1) is 17.4. The number of aryl methyl sites for hydroxylation is 1. The number of hydrogen-bond acceptors (Lipinski definition) is 4. The predicted molar refractivity (Wildman–Crippen MR) is 139 cm³/mol. The Hall–Kier alpha value is -4.00. The number of anilines is 1. The van der Waals surface area contributed by atoms with Crippen molar-refractivity contribution in [2.24, 2.45) is 0 Å². The first-order valence-corrected chi connectivity index (χ1v) is 12.4. The number of carbonyl (C=O) groups excluding carboxylic acids is 2. The van der Waals surface area contributed by atoms with Crippen molar-refractivity contribution >= 4 is 17.6 Å². The first-order valence-electron chi connectivity index (χ1n) is 12.4. The van der Waals surface area contributed by atoms with Gasteiger partial charge in [0.25, 0.3) is 5.91 Å². The van der Waals surface area contributed by atoms with Crippen LogP contribution in [0.15, 0.2) is 66.7 Å². The van der Waals surface area contributed by atoms with E-state index in [4.69, 9.17) is 9.47 Å². The van der Waals surface area contributed by atoms with Crippen LogP contribution in [0, 0.1) is 6.92 Å². The van der Waals surface area contributed by atoms with E-state index in [1.807, 2.05) is 38.1 Å². The van der Waals surface area contributed by atoms with E-state index in [0.29, 0.717) is 42.3 Å². The molecule has 2 aliphatic rings. The van der Waals surface area contributed by atoms with Crippen LogP contribution in [0.4, 0.5) is 10.5 Å². The number of urea groups is 1. The lowest BCUT2D eigenvalue weighted by Gasteiger charge is -2.50. The Morgan fingerprint density at radius 1 is 1.17 bits per heavy atom. The molecule has 0 spiro atoms. The van der Waals surface area contributed by atoms with Gasteiger partial charge in [-0.1, -0.05) is 48.0 Å². The Morgan fingerprint density at radius 2 is 1.94 bits per heavy atom. The number of nitrogens with one attached hydrogen (secondary N) is 2. The summed E-state index contributed by atoms with van der Waals surface area (Å²) in [5, 5.41) is 6.09. The number of para-hydroxylation sites is 1. The van der Waals surface area contributed by atoms with Gasteiger partial charge in [0.05, 0.1) is 18.3 Å². The minimum atomic E-state index is -0.937. The molecule has 5 rings (SSSR count). The number of fused-ring (bicyclic) bond motifs is 4. The van der Waals surface area contributed by atoms with E-state index in [9.17, 15) is 9.59 Å². The summed E-state index contributed by atoms with van der Waals surface area (Å²) in [5.41, 5.74) is 3.43. The number of carbonyl (C=O) groups is 2. The van der Waals surface area contributed by atoms with Gasteiger partial charge in [-0.25, -0.2) is 4.79 Å². The average Bonchev–Trinajstić information content (AvgIpc) is 2.85. The summed E-state index contributed by atoms with van der Waals surface area (Å²) in [6.07, 6.45) is 1.31. The highest BCUT2D eigenvalue weighted by Gasteiger charge is 2.50. The summed E-state index contributed by atoms with van der Waals surface area (Å²) in [6.45, 7) is 6.92. The van der Waals surface area contributed by atoms with Crippen LogP contribution >= 0.6 is 0 Å². The molecule has 3 aromatic rings. The summed E-state index contributed by atoms with van der Waals surface area (Å²) in [6, 6.07) is 20.7. The highest BCUT2D eigenvalue weighted by Crippen LogP contribution is 2.49. The number of amides is 3. The highest BCUT2D eigenvalue weighted by molar-refractivity contribution is 5.99. The van der Waals surface area contributed by atoms with Gasteiger partial charge in [-0.3, -0.25) is 9.69 Å². The van der Waals surface area contributed by atoms with E-state index in [1.165, 1.54) is 11.1 Å². The van der Waals surface area contributed by atoms with Crippen LogP contribution in [-0.2, 0) is 6.42 Å². The molecular weight excluding hydrogens is 454 g/mol. The zero-order valence-corrected chi connectivity index (χ0v) is 20.8. The zero-order chi connectivity index (χ0) is 25.3. The monoisotopic (exact) mass is 485 g/mol. The fourth-order valence-corrected chi connectivity index (χ4v) is 4.98. The molecule has 3 aromatic carbocycles. The molecule has 0 unspecified atom stereocenters. The fraction of sp³-hybridized carbons (Fsp3) is 0.310. The topological polar surface area (TPSA) is 79.9 Å². The van der Waals surface area contributed by atoms with Crippen molar-refractivity contribution in [2.75, 3.05) is 18.1 Å². The van der Waals surface area contributed by atoms with E-state index < -0.39 is 5.72 Å². The second kappa shape index (κ2) is 9.57. The van der Waals surface area contributed by atoms with Crippen molar-refractivity contribution in [1.82, 2.24) is 10.6 Å². The molecule has 0 radical (unpaired) electrons. The Balaban J connectivity index is 1.35. The second-order valence-electron chi connectivity index (χ2n) is 9.47. The van der Waals surface area contributed by atoms with Crippen LogP contribution in [0.25, 0.3) is 0 Å². The molecule has 0 saturated carbocycles. The Labute approximate surface area is 211 Å². The number of benzene rings is 3. The average molecular weight is 486 g/mol. The molecule has 36 heavy (non-hydrogen) atoms. The summed E-state index contributed by atoms with van der Waals surface area (Å²) >= 11 is 0. The normalized spacial score (nSPS) is 20.1. The lowest BCUT2D eigenvalue weighted by Crippen LogP contribution is -2.65. The van der Waals surface area contributed by atoms with Gasteiger partial charge in [0.15, 0.2) is 17.2 Å². The number of hydrogen-bond donors (Lipinski definition) is 2. The molecule has 2 bridgehead atoms. The van der Waals surface area contributed by atoms with Gasteiger partial charge < -0.3 is 20.1 Å². The lowest BCUT2D eigenvalue weighted by molar-refractivity contribution is 0.0343. The summed E-state index contributed by atoms with van der Waals surface area (Å²) in [7, 11) is 0. The van der Waals surface area contributed by atoms with Crippen LogP contribution in [0.1, 0.15) is 53.4 Å². The van der Waals surface area contributed by atoms with Gasteiger partial charge >= 0.3 is 6.03 Å². The van der Waals surface area contributed by atoms with Crippen molar-refractivity contribution in [1.29, 1.82) is 0 Å². The van der Waals surface area contributed by atoms with E-state index in [0.717, 1.165) is 12.0 Å². The molecule has 186 valence electrons. The largest absolute Gasteiger partial charge is 0.490 e. The third-order valence-corrected chi connectivity index (χ3v) is 6.75. The van der Waals surface area contributed by atoms with Crippen molar-refractivity contribution in [3.8, 4) is 11.5 Å². The number of rotatable bonds is 7. The summed E-state index contributed by atoms with van der Waals surface area (Å²) in [4.78, 5) is 27.8. The molecule has 2 atom stereocenters. The molecule has 0 aromatic heterocycles. The first kappa shape index (κ1) is 23.7. The maximum absolute atomic E-state index is 13.3. The molecule has 2 aliphatic heterocycles. The highest BCUT2D eigenvalue weighted by atomic mass is 16.5. The van der Waals surface area contributed by atoms with Gasteiger partial charge in [-0.15, -0.1) is 0 Å². The molecule has 1 saturated heterocycles. The predicted octanol–water partition coefficient (Wildman–Crippen LogP) is 5.14. The molecule has 2 N–H and O–H groups in total. The van der Waals surface area contributed by atoms with Gasteiger partial charge in [0.1, 0.15) is 0 Å². The SMILES string of the molecule is CCOc1cccc2c1O[C@@]1(C)C[C@H]2NC(=O)N1c1cccc(C(=O)NCCc2ccc(C)cc2)c1. The standard InChI is InChI=1S/C29H31N3O4/c1-4-35-25-10-6-9-23-24-18-29(3,36-26(23)25)32(28(34)31-24)22-8-5-7-21(17-22)27(33)30-16-15-20-13-11-19(2)12-14-20/h5-14,17,24H,4,15-16,18H2,1-3H3,(H,30,33)(H,31,34)/t24-,29+/m1/s1. The minimum absolute atomic E-state index is 0.182. The third-order valence-electron chi connectivity index (χ3n) is 6.75. The van der Waals surface area contributed by atoms with Crippen LogP contribution in [0.3, 0.4) is 0 Å². The van der Waals surface area contributed by atoms with E-state index in [-0.39, 0.29) is 18.0 Å². The quantitative estimate of drug-likeness (QED) is 0.486. The van der Waals surface area contributed by atoms with Gasteiger partial charge in [0.2, 0.25) is 0 Å². The number of ether oxygens (including phenoxy) is 2. The molecule has 1 fully saturated rings. The van der Waals surface area contributed by atoms with Gasteiger partial charge in [-0.05, 0) is 57.0 Å². The van der Waals surface area contributed by atoms with Crippen molar-refractivity contribution in [3.63, 3.8) is 0 Å². The molecule has 0 aliphatic carbocycles. The van der Waals surface area contributed by atoms with Crippen LogP contribution in [-0.4, -0.2) is 30.8 Å². The fourth-order valence-electron chi connectivity index (χ4n) is 4.98.